The Labute approximate surface area is 88.4 Å². The van der Waals surface area contributed by atoms with E-state index >= 15 is 0 Å². The van der Waals surface area contributed by atoms with E-state index in [-0.39, 0.29) is 6.42 Å². The molecular weight excluding hydrogens is 192 g/mol. The predicted octanol–water partition coefficient (Wildman–Crippen LogP) is 1.68. The third-order valence-electron chi connectivity index (χ3n) is 2.88. The van der Waals surface area contributed by atoms with Crippen molar-refractivity contribution in [2.75, 3.05) is 0 Å². The Morgan fingerprint density at radius 3 is 2.80 bits per heavy atom. The second kappa shape index (κ2) is 4.03. The molecule has 1 aromatic carbocycles. The van der Waals surface area contributed by atoms with Crippen LogP contribution in [-0.4, -0.2) is 16.2 Å². The summed E-state index contributed by atoms with van der Waals surface area (Å²) < 4.78 is 0. The molecule has 80 valence electrons. The van der Waals surface area contributed by atoms with Crippen molar-refractivity contribution in [1.82, 2.24) is 0 Å². The molecule has 2 rings (SSSR count). The van der Waals surface area contributed by atoms with E-state index < -0.39 is 12.1 Å². The number of carboxylic acids is 1. The maximum atomic E-state index is 10.5. The van der Waals surface area contributed by atoms with Gasteiger partial charge in [-0.25, -0.2) is 0 Å². The number of carboxylic acid groups (broad SMARTS) is 1. The van der Waals surface area contributed by atoms with Crippen LogP contribution in [0.2, 0.25) is 0 Å². The van der Waals surface area contributed by atoms with E-state index in [0.29, 0.717) is 0 Å². The summed E-state index contributed by atoms with van der Waals surface area (Å²) in [6, 6.07) is 5.77. The number of aliphatic hydroxyl groups excluding tert-OH is 1. The first-order valence-corrected chi connectivity index (χ1v) is 5.18. The van der Waals surface area contributed by atoms with Gasteiger partial charge in [-0.3, -0.25) is 4.79 Å². The van der Waals surface area contributed by atoms with Crippen LogP contribution in [0.15, 0.2) is 18.2 Å². The van der Waals surface area contributed by atoms with Crippen LogP contribution in [0.4, 0.5) is 0 Å². The minimum Gasteiger partial charge on any atom is -0.481 e. The highest BCUT2D eigenvalue weighted by Crippen LogP contribution is 2.26. The monoisotopic (exact) mass is 206 g/mol. The first kappa shape index (κ1) is 10.2. The number of aliphatic hydroxyl groups is 1. The van der Waals surface area contributed by atoms with Crippen LogP contribution in [0.3, 0.4) is 0 Å². The molecule has 0 saturated carbocycles. The highest BCUT2D eigenvalue weighted by atomic mass is 16.4. The quantitative estimate of drug-likeness (QED) is 0.791. The molecule has 0 unspecified atom stereocenters. The molecule has 0 bridgehead atoms. The summed E-state index contributed by atoms with van der Waals surface area (Å²) in [5.41, 5.74) is 3.32. The normalized spacial score (nSPS) is 16.1. The molecule has 0 aromatic heterocycles. The summed E-state index contributed by atoms with van der Waals surface area (Å²) in [4.78, 5) is 10.5. The molecule has 1 aliphatic rings. The van der Waals surface area contributed by atoms with Crippen LogP contribution in [-0.2, 0) is 17.6 Å². The van der Waals surface area contributed by atoms with E-state index in [0.717, 1.165) is 24.8 Å². The van der Waals surface area contributed by atoms with E-state index in [9.17, 15) is 9.90 Å². The van der Waals surface area contributed by atoms with Crippen molar-refractivity contribution >= 4 is 5.97 Å². The summed E-state index contributed by atoms with van der Waals surface area (Å²) in [5.74, 6) is -0.969. The summed E-state index contributed by atoms with van der Waals surface area (Å²) in [5, 5.41) is 18.2. The summed E-state index contributed by atoms with van der Waals surface area (Å²) in [6.45, 7) is 0. The lowest BCUT2D eigenvalue weighted by atomic mass is 10.0. The van der Waals surface area contributed by atoms with Gasteiger partial charge in [0, 0.05) is 0 Å². The van der Waals surface area contributed by atoms with Crippen LogP contribution in [0.25, 0.3) is 0 Å². The van der Waals surface area contributed by atoms with Crippen molar-refractivity contribution in [3.05, 3.63) is 34.9 Å². The highest BCUT2D eigenvalue weighted by Gasteiger charge is 2.16. The lowest BCUT2D eigenvalue weighted by Crippen LogP contribution is -2.05. The maximum Gasteiger partial charge on any atom is 0.306 e. The Kier molecular flexibility index (Phi) is 2.73. The van der Waals surface area contributed by atoms with Crippen LogP contribution in [0.5, 0.6) is 0 Å². The molecule has 3 nitrogen and oxygen atoms in total. The molecular formula is C12H14O3. The second-order valence-corrected chi connectivity index (χ2v) is 4.00. The van der Waals surface area contributed by atoms with E-state index in [1.807, 2.05) is 18.2 Å². The standard InChI is InChI=1S/C12H14O3/c13-11(7-12(14)15)10-5-4-8-2-1-3-9(8)6-10/h4-6,11,13H,1-3,7H2,(H,14,15)/t11-/m0/s1. The molecule has 0 amide bonds. The van der Waals surface area contributed by atoms with Crippen molar-refractivity contribution in [3.8, 4) is 0 Å². The zero-order valence-corrected chi connectivity index (χ0v) is 8.44. The minimum atomic E-state index is -0.969. The number of aliphatic carboxylic acids is 1. The van der Waals surface area contributed by atoms with Gasteiger partial charge in [0.05, 0.1) is 12.5 Å². The van der Waals surface area contributed by atoms with E-state index in [2.05, 4.69) is 0 Å². The number of hydrogen-bond acceptors (Lipinski definition) is 2. The van der Waals surface area contributed by atoms with Gasteiger partial charge in [-0.2, -0.15) is 0 Å². The Morgan fingerprint density at radius 2 is 2.07 bits per heavy atom. The third kappa shape index (κ3) is 2.18. The molecule has 1 aliphatic carbocycles. The summed E-state index contributed by atoms with van der Waals surface area (Å²) in [6.07, 6.45) is 2.20. The topological polar surface area (TPSA) is 57.5 Å². The van der Waals surface area contributed by atoms with E-state index in [1.165, 1.54) is 11.1 Å². The van der Waals surface area contributed by atoms with Crippen LogP contribution in [0, 0.1) is 0 Å². The van der Waals surface area contributed by atoms with Crippen LogP contribution in [0.1, 0.15) is 35.6 Å². The SMILES string of the molecule is O=C(O)C[C@H](O)c1ccc2c(c1)CCC2. The average molecular weight is 206 g/mol. The Bertz CT molecular complexity index is 384. The Balaban J connectivity index is 2.19. The molecule has 0 spiro atoms. The highest BCUT2D eigenvalue weighted by molar-refractivity contribution is 5.67. The lowest BCUT2D eigenvalue weighted by Gasteiger charge is -2.10. The number of fused-ring (bicyclic) bond motifs is 1. The van der Waals surface area contributed by atoms with Gasteiger partial charge in [-0.05, 0) is 36.0 Å². The molecule has 1 aromatic rings. The van der Waals surface area contributed by atoms with Crippen molar-refractivity contribution in [2.45, 2.75) is 31.8 Å². The van der Waals surface area contributed by atoms with Crippen molar-refractivity contribution < 1.29 is 15.0 Å². The number of rotatable bonds is 3. The molecule has 0 fully saturated rings. The Morgan fingerprint density at radius 1 is 1.33 bits per heavy atom. The molecule has 0 heterocycles. The fourth-order valence-corrected chi connectivity index (χ4v) is 2.08. The maximum absolute atomic E-state index is 10.5. The van der Waals surface area contributed by atoms with Crippen LogP contribution < -0.4 is 0 Å². The summed E-state index contributed by atoms with van der Waals surface area (Å²) in [7, 11) is 0. The second-order valence-electron chi connectivity index (χ2n) is 4.00. The summed E-state index contributed by atoms with van der Waals surface area (Å²) >= 11 is 0. The Hall–Kier alpha value is -1.35. The zero-order valence-electron chi connectivity index (χ0n) is 8.44. The van der Waals surface area contributed by atoms with Crippen molar-refractivity contribution in [1.29, 1.82) is 0 Å². The molecule has 1 atom stereocenters. The number of carbonyl (C=O) groups is 1. The zero-order chi connectivity index (χ0) is 10.8. The first-order valence-electron chi connectivity index (χ1n) is 5.18. The number of hydrogen-bond donors (Lipinski definition) is 2. The van der Waals surface area contributed by atoms with Gasteiger partial charge < -0.3 is 10.2 Å². The minimum absolute atomic E-state index is 0.223. The van der Waals surface area contributed by atoms with Gasteiger partial charge in [0.25, 0.3) is 0 Å². The molecule has 15 heavy (non-hydrogen) atoms. The van der Waals surface area contributed by atoms with Gasteiger partial charge in [-0.15, -0.1) is 0 Å². The van der Waals surface area contributed by atoms with Gasteiger partial charge >= 0.3 is 5.97 Å². The third-order valence-corrected chi connectivity index (χ3v) is 2.88. The molecule has 0 radical (unpaired) electrons. The van der Waals surface area contributed by atoms with Gasteiger partial charge in [0.1, 0.15) is 0 Å². The predicted molar refractivity (Wildman–Crippen MR) is 55.7 cm³/mol. The van der Waals surface area contributed by atoms with Crippen LogP contribution >= 0.6 is 0 Å². The molecule has 0 saturated heterocycles. The van der Waals surface area contributed by atoms with E-state index in [4.69, 9.17) is 5.11 Å². The number of aryl methyl sites for hydroxylation is 2. The van der Waals surface area contributed by atoms with Crippen molar-refractivity contribution in [3.63, 3.8) is 0 Å². The fraction of sp³-hybridized carbons (Fsp3) is 0.417. The van der Waals surface area contributed by atoms with Gasteiger partial charge in [0.2, 0.25) is 0 Å². The number of benzene rings is 1. The smallest absolute Gasteiger partial charge is 0.306 e. The molecule has 3 heteroatoms. The largest absolute Gasteiger partial charge is 0.481 e. The average Bonchev–Trinajstić information content (AvgIpc) is 2.62. The lowest BCUT2D eigenvalue weighted by molar-refractivity contribution is -0.139. The van der Waals surface area contributed by atoms with Gasteiger partial charge in [-0.1, -0.05) is 18.2 Å². The first-order chi connectivity index (χ1) is 7.16. The van der Waals surface area contributed by atoms with Crippen molar-refractivity contribution in [2.24, 2.45) is 0 Å². The molecule has 2 N–H and O–H groups in total. The van der Waals surface area contributed by atoms with E-state index in [1.54, 1.807) is 0 Å². The molecule has 0 aliphatic heterocycles. The van der Waals surface area contributed by atoms with Gasteiger partial charge in [0.15, 0.2) is 0 Å². The fourth-order valence-electron chi connectivity index (χ4n) is 2.08.